The van der Waals surface area contributed by atoms with Crippen LogP contribution in [0.15, 0.2) is 60.8 Å². The molecular weight excluding hydrogens is 320 g/mol. The lowest BCUT2D eigenvalue weighted by molar-refractivity contribution is 0.0918. The van der Waals surface area contributed by atoms with Gasteiger partial charge in [0.05, 0.1) is 0 Å². The Bertz CT molecular complexity index is 985. The quantitative estimate of drug-likeness (QED) is 0.530. The Morgan fingerprint density at radius 1 is 1.12 bits per heavy atom. The second-order valence-corrected chi connectivity index (χ2v) is 6.81. The van der Waals surface area contributed by atoms with Gasteiger partial charge in [0.25, 0.3) is 5.91 Å². The van der Waals surface area contributed by atoms with Gasteiger partial charge in [-0.05, 0) is 41.1 Å². The molecule has 0 bridgehead atoms. The third-order valence-electron chi connectivity index (χ3n) is 4.05. The number of H-pyrrole nitrogens is 1. The molecule has 2 aromatic carbocycles. The number of nitrogens with one attached hydrogen (secondary N) is 2. The van der Waals surface area contributed by atoms with Crippen molar-refractivity contribution in [1.29, 1.82) is 0 Å². The number of aliphatic hydroxyl groups excluding tert-OH is 1. The summed E-state index contributed by atoms with van der Waals surface area (Å²) in [5, 5.41) is 15.3. The van der Waals surface area contributed by atoms with Crippen LogP contribution >= 0.6 is 11.3 Å². The molecule has 0 radical (unpaired) electrons. The van der Waals surface area contributed by atoms with Crippen LogP contribution in [-0.4, -0.2) is 22.5 Å². The highest BCUT2D eigenvalue weighted by Crippen LogP contribution is 2.29. The lowest BCUT2D eigenvalue weighted by Crippen LogP contribution is -2.28. The summed E-state index contributed by atoms with van der Waals surface area (Å²) >= 11 is 1.55. The van der Waals surface area contributed by atoms with E-state index in [0.717, 1.165) is 25.9 Å². The number of carbonyl (C=O) groups excluding carboxylic acids is 1. The predicted octanol–water partition coefficient (Wildman–Crippen LogP) is 3.85. The van der Waals surface area contributed by atoms with Gasteiger partial charge in [-0.1, -0.05) is 24.3 Å². The van der Waals surface area contributed by atoms with E-state index >= 15 is 0 Å². The van der Waals surface area contributed by atoms with E-state index in [4.69, 9.17) is 0 Å². The minimum Gasteiger partial charge on any atom is -0.386 e. The Hall–Kier alpha value is -2.63. The summed E-state index contributed by atoms with van der Waals surface area (Å²) < 4.78 is 1.13. The number of aromatic nitrogens is 1. The maximum atomic E-state index is 12.3. The number of hydrogen-bond acceptors (Lipinski definition) is 3. The second kappa shape index (κ2) is 6.11. The first-order valence-electron chi connectivity index (χ1n) is 7.72. The largest absolute Gasteiger partial charge is 0.386 e. The first-order chi connectivity index (χ1) is 11.7. The van der Waals surface area contributed by atoms with Crippen LogP contribution in [0, 0.1) is 0 Å². The molecule has 120 valence electrons. The molecule has 4 rings (SSSR count). The molecule has 0 aliphatic carbocycles. The Morgan fingerprint density at radius 3 is 2.88 bits per heavy atom. The number of benzene rings is 2. The molecule has 2 aromatic heterocycles. The number of amides is 1. The van der Waals surface area contributed by atoms with Gasteiger partial charge in [-0.25, -0.2) is 0 Å². The van der Waals surface area contributed by atoms with Crippen molar-refractivity contribution in [3.05, 3.63) is 71.2 Å². The van der Waals surface area contributed by atoms with Crippen LogP contribution in [0.4, 0.5) is 0 Å². The van der Waals surface area contributed by atoms with E-state index in [9.17, 15) is 9.90 Å². The van der Waals surface area contributed by atoms with E-state index in [1.807, 2.05) is 54.7 Å². The van der Waals surface area contributed by atoms with Crippen LogP contribution < -0.4 is 5.32 Å². The summed E-state index contributed by atoms with van der Waals surface area (Å²) in [6, 6.07) is 17.4. The fourth-order valence-corrected chi connectivity index (χ4v) is 3.80. The molecule has 0 fully saturated rings. The Labute approximate surface area is 142 Å². The highest BCUT2D eigenvalue weighted by atomic mass is 32.1. The van der Waals surface area contributed by atoms with Gasteiger partial charge in [0.15, 0.2) is 0 Å². The van der Waals surface area contributed by atoms with Crippen LogP contribution in [0.3, 0.4) is 0 Å². The fourth-order valence-electron chi connectivity index (χ4n) is 2.75. The van der Waals surface area contributed by atoms with Gasteiger partial charge in [0, 0.05) is 33.4 Å². The molecule has 2 heterocycles. The minimum absolute atomic E-state index is 0.188. The molecule has 0 spiro atoms. The van der Waals surface area contributed by atoms with Crippen LogP contribution in [-0.2, 0) is 0 Å². The van der Waals surface area contributed by atoms with Crippen molar-refractivity contribution in [3.63, 3.8) is 0 Å². The highest BCUT2D eigenvalue weighted by molar-refractivity contribution is 7.19. The van der Waals surface area contributed by atoms with Crippen molar-refractivity contribution in [2.75, 3.05) is 6.54 Å². The van der Waals surface area contributed by atoms with Crippen LogP contribution in [0.2, 0.25) is 0 Å². The smallest absolute Gasteiger partial charge is 0.251 e. The van der Waals surface area contributed by atoms with Crippen molar-refractivity contribution in [1.82, 2.24) is 10.3 Å². The van der Waals surface area contributed by atoms with Gasteiger partial charge < -0.3 is 15.4 Å². The maximum Gasteiger partial charge on any atom is 0.251 e. The monoisotopic (exact) mass is 336 g/mol. The van der Waals surface area contributed by atoms with Crippen molar-refractivity contribution < 1.29 is 9.90 Å². The van der Waals surface area contributed by atoms with Gasteiger partial charge in [-0.3, -0.25) is 4.79 Å². The predicted molar refractivity (Wildman–Crippen MR) is 97.4 cm³/mol. The molecule has 5 heteroatoms. The van der Waals surface area contributed by atoms with E-state index in [-0.39, 0.29) is 12.5 Å². The Balaban J connectivity index is 1.45. The molecule has 1 atom stereocenters. The van der Waals surface area contributed by atoms with Gasteiger partial charge in [-0.15, -0.1) is 11.3 Å². The number of thiophene rings is 1. The number of aliphatic hydroxyl groups is 1. The summed E-state index contributed by atoms with van der Waals surface area (Å²) in [4.78, 5) is 16.2. The summed E-state index contributed by atoms with van der Waals surface area (Å²) in [6.45, 7) is 0.189. The number of fused-ring (bicyclic) bond motifs is 2. The van der Waals surface area contributed by atoms with Crippen molar-refractivity contribution in [2.45, 2.75) is 6.10 Å². The first kappa shape index (κ1) is 14.9. The number of rotatable bonds is 4. The SMILES string of the molecule is O=C(NCC(O)c1cc2ccccc2s1)c1ccc2cc[nH]c2c1. The van der Waals surface area contributed by atoms with Gasteiger partial charge in [0.1, 0.15) is 6.10 Å². The molecule has 1 amide bonds. The first-order valence-corrected chi connectivity index (χ1v) is 8.54. The lowest BCUT2D eigenvalue weighted by atomic mass is 10.1. The molecule has 0 saturated carbocycles. The van der Waals surface area contributed by atoms with Crippen LogP contribution in [0.5, 0.6) is 0 Å². The maximum absolute atomic E-state index is 12.3. The van der Waals surface area contributed by atoms with E-state index in [2.05, 4.69) is 10.3 Å². The summed E-state index contributed by atoms with van der Waals surface area (Å²) in [5.74, 6) is -0.188. The summed E-state index contributed by atoms with van der Waals surface area (Å²) in [5.41, 5.74) is 1.50. The van der Waals surface area contributed by atoms with Crippen LogP contribution in [0.1, 0.15) is 21.3 Å². The zero-order valence-corrected chi connectivity index (χ0v) is 13.6. The zero-order valence-electron chi connectivity index (χ0n) is 12.8. The Kier molecular flexibility index (Phi) is 3.80. The van der Waals surface area contributed by atoms with E-state index < -0.39 is 6.10 Å². The lowest BCUT2D eigenvalue weighted by Gasteiger charge is -2.10. The molecule has 0 aliphatic rings. The molecule has 0 saturated heterocycles. The normalized spacial score (nSPS) is 12.5. The summed E-state index contributed by atoms with van der Waals surface area (Å²) in [6.07, 6.45) is 1.14. The Morgan fingerprint density at radius 2 is 2.00 bits per heavy atom. The van der Waals surface area contributed by atoms with Gasteiger partial charge in [0.2, 0.25) is 0 Å². The molecule has 1 unspecified atom stereocenters. The van der Waals surface area contributed by atoms with E-state index in [1.54, 1.807) is 17.4 Å². The molecule has 24 heavy (non-hydrogen) atoms. The molecule has 4 nitrogen and oxygen atoms in total. The number of aromatic amines is 1. The van der Waals surface area contributed by atoms with Crippen LogP contribution in [0.25, 0.3) is 21.0 Å². The number of hydrogen-bond donors (Lipinski definition) is 3. The molecular formula is C19H16N2O2S. The van der Waals surface area contributed by atoms with Crippen molar-refractivity contribution in [2.24, 2.45) is 0 Å². The average Bonchev–Trinajstić information content (AvgIpc) is 3.24. The zero-order chi connectivity index (χ0) is 16.5. The van der Waals surface area contributed by atoms with Gasteiger partial charge >= 0.3 is 0 Å². The van der Waals surface area contributed by atoms with Crippen molar-refractivity contribution >= 4 is 38.2 Å². The van der Waals surface area contributed by atoms with E-state index in [0.29, 0.717) is 5.56 Å². The third-order valence-corrected chi connectivity index (χ3v) is 5.26. The third kappa shape index (κ3) is 2.79. The average molecular weight is 336 g/mol. The standard InChI is InChI=1S/C19H16N2O2S/c22-16(18-10-13-3-1-2-4-17(13)24-18)11-21-19(23)14-6-5-12-7-8-20-15(12)9-14/h1-10,16,20,22H,11H2,(H,21,23). The number of carbonyl (C=O) groups is 1. The highest BCUT2D eigenvalue weighted by Gasteiger charge is 2.14. The topological polar surface area (TPSA) is 65.1 Å². The molecule has 4 aromatic rings. The summed E-state index contributed by atoms with van der Waals surface area (Å²) in [7, 11) is 0. The van der Waals surface area contributed by atoms with Crippen molar-refractivity contribution in [3.8, 4) is 0 Å². The fraction of sp³-hybridized carbons (Fsp3) is 0.105. The van der Waals surface area contributed by atoms with Gasteiger partial charge in [-0.2, -0.15) is 0 Å². The second-order valence-electron chi connectivity index (χ2n) is 5.69. The van der Waals surface area contributed by atoms with E-state index in [1.165, 1.54) is 0 Å². The minimum atomic E-state index is -0.708. The molecule has 0 aliphatic heterocycles. The molecule has 3 N–H and O–H groups in total.